The molecule has 0 bridgehead atoms. The summed E-state index contributed by atoms with van der Waals surface area (Å²) in [6.07, 6.45) is 0.348. The van der Waals surface area contributed by atoms with Gasteiger partial charge < -0.3 is 15.4 Å². The summed E-state index contributed by atoms with van der Waals surface area (Å²) in [5.41, 5.74) is -0.490. The van der Waals surface area contributed by atoms with Gasteiger partial charge >= 0.3 is 6.03 Å². The fraction of sp³-hybridized carbons (Fsp3) is 0.400. The molecule has 22 heavy (non-hydrogen) atoms. The van der Waals surface area contributed by atoms with E-state index < -0.39 is 17.5 Å². The van der Waals surface area contributed by atoms with Gasteiger partial charge in [-0.05, 0) is 13.0 Å². The maximum atomic E-state index is 12.8. The molecule has 1 aromatic rings. The monoisotopic (exact) mass is 303 g/mol. The molecule has 3 rings (SSSR count). The zero-order valence-corrected chi connectivity index (χ0v) is 12.2. The van der Waals surface area contributed by atoms with E-state index in [2.05, 4.69) is 10.6 Å². The van der Waals surface area contributed by atoms with Crippen molar-refractivity contribution in [2.45, 2.75) is 18.9 Å². The molecule has 1 fully saturated rings. The number of fused-ring (bicyclic) bond motifs is 2. The van der Waals surface area contributed by atoms with Crippen LogP contribution in [-0.2, 0) is 15.1 Å². The molecule has 1 atom stereocenters. The molecule has 2 N–H and O–H groups in total. The topological polar surface area (TPSA) is 87.7 Å². The van der Waals surface area contributed by atoms with Crippen LogP contribution in [-0.4, -0.2) is 42.4 Å². The molecule has 2 heterocycles. The van der Waals surface area contributed by atoms with Gasteiger partial charge in [0.2, 0.25) is 5.91 Å². The second-order valence-electron chi connectivity index (χ2n) is 5.27. The number of nitrogens with zero attached hydrogens (tertiary/aromatic N) is 1. The number of amides is 4. The fourth-order valence-electron chi connectivity index (χ4n) is 2.91. The molecular formula is C15H17N3O4. The summed E-state index contributed by atoms with van der Waals surface area (Å²) in [6, 6.07) is 6.59. The number of urea groups is 1. The van der Waals surface area contributed by atoms with Crippen LogP contribution in [0.4, 0.5) is 4.79 Å². The molecule has 7 nitrogen and oxygen atoms in total. The summed E-state index contributed by atoms with van der Waals surface area (Å²) in [6.45, 7) is 2.28. The van der Waals surface area contributed by atoms with E-state index in [-0.39, 0.29) is 12.5 Å². The molecule has 1 spiro atoms. The van der Waals surface area contributed by atoms with E-state index in [4.69, 9.17) is 4.74 Å². The molecule has 0 radical (unpaired) electrons. The van der Waals surface area contributed by atoms with Crippen molar-refractivity contribution < 1.29 is 19.1 Å². The number of para-hydroxylation sites is 1. The number of carbonyl (C=O) groups excluding carboxylic acids is 3. The molecule has 2 aliphatic rings. The third-order valence-corrected chi connectivity index (χ3v) is 3.93. The van der Waals surface area contributed by atoms with E-state index in [0.717, 1.165) is 4.90 Å². The zero-order valence-electron chi connectivity index (χ0n) is 12.2. The van der Waals surface area contributed by atoms with Gasteiger partial charge in [0.25, 0.3) is 5.91 Å². The van der Waals surface area contributed by atoms with Crippen molar-refractivity contribution in [1.82, 2.24) is 15.5 Å². The number of hydrogen-bond donors (Lipinski definition) is 2. The van der Waals surface area contributed by atoms with E-state index >= 15 is 0 Å². The summed E-state index contributed by atoms with van der Waals surface area (Å²) < 4.78 is 5.55. The van der Waals surface area contributed by atoms with Crippen molar-refractivity contribution in [3.8, 4) is 5.75 Å². The molecule has 0 unspecified atom stereocenters. The standard InChI is InChI=1S/C15H17N3O4/c1-2-16-12(19)9-18-13(20)15(17-14(18)21)7-8-22-11-6-4-3-5-10(11)15/h3-6H,2,7-9H2,1H3,(H,16,19)(H,17,21)/t15-/m0/s1. The lowest BCUT2D eigenvalue weighted by molar-refractivity contribution is -0.136. The van der Waals surface area contributed by atoms with Crippen LogP contribution in [0.15, 0.2) is 24.3 Å². The number of carbonyl (C=O) groups is 3. The van der Waals surface area contributed by atoms with Crippen LogP contribution in [0.5, 0.6) is 5.75 Å². The second-order valence-corrected chi connectivity index (χ2v) is 5.27. The molecule has 7 heteroatoms. The maximum absolute atomic E-state index is 12.8. The van der Waals surface area contributed by atoms with Gasteiger partial charge in [-0.25, -0.2) is 4.79 Å². The second kappa shape index (κ2) is 5.32. The van der Waals surface area contributed by atoms with Gasteiger partial charge in [0, 0.05) is 18.5 Å². The molecule has 0 aliphatic carbocycles. The molecule has 2 aliphatic heterocycles. The summed E-state index contributed by atoms with van der Waals surface area (Å²) >= 11 is 0. The third kappa shape index (κ3) is 2.09. The minimum absolute atomic E-state index is 0.275. The Balaban J connectivity index is 1.93. The van der Waals surface area contributed by atoms with E-state index in [9.17, 15) is 14.4 Å². The smallest absolute Gasteiger partial charge is 0.325 e. The Kier molecular flexibility index (Phi) is 3.48. The van der Waals surface area contributed by atoms with Gasteiger partial charge in [0.05, 0.1) is 6.61 Å². The number of nitrogens with one attached hydrogen (secondary N) is 2. The van der Waals surface area contributed by atoms with Crippen molar-refractivity contribution in [1.29, 1.82) is 0 Å². The van der Waals surface area contributed by atoms with Crippen molar-refractivity contribution in [3.63, 3.8) is 0 Å². The molecule has 0 aromatic heterocycles. The Hall–Kier alpha value is -2.57. The highest BCUT2D eigenvalue weighted by Gasteiger charge is 2.55. The lowest BCUT2D eigenvalue weighted by Crippen LogP contribution is -2.48. The number of benzene rings is 1. The molecule has 1 saturated heterocycles. The minimum Gasteiger partial charge on any atom is -0.493 e. The third-order valence-electron chi connectivity index (χ3n) is 3.93. The van der Waals surface area contributed by atoms with Crippen molar-refractivity contribution in [2.75, 3.05) is 19.7 Å². The summed E-state index contributed by atoms with van der Waals surface area (Å²) in [7, 11) is 0. The van der Waals surface area contributed by atoms with Crippen LogP contribution in [0.25, 0.3) is 0 Å². The van der Waals surface area contributed by atoms with Gasteiger partial charge in [-0.3, -0.25) is 14.5 Å². The highest BCUT2D eigenvalue weighted by atomic mass is 16.5. The van der Waals surface area contributed by atoms with Gasteiger partial charge in [0.15, 0.2) is 5.54 Å². The minimum atomic E-state index is -1.13. The average Bonchev–Trinajstić information content (AvgIpc) is 2.73. The average molecular weight is 303 g/mol. The lowest BCUT2D eigenvalue weighted by atomic mass is 9.84. The van der Waals surface area contributed by atoms with E-state index in [1.807, 2.05) is 6.07 Å². The first-order valence-electron chi connectivity index (χ1n) is 7.21. The number of rotatable bonds is 3. The normalized spacial score (nSPS) is 23.0. The number of likely N-dealkylation sites (N-methyl/N-ethyl adjacent to an activating group) is 1. The summed E-state index contributed by atoms with van der Waals surface area (Å²) in [5.74, 6) is -0.176. The van der Waals surface area contributed by atoms with Crippen LogP contribution in [0.3, 0.4) is 0 Å². The number of imide groups is 1. The fourth-order valence-corrected chi connectivity index (χ4v) is 2.91. The molecule has 1 aromatic carbocycles. The van der Waals surface area contributed by atoms with E-state index in [0.29, 0.717) is 30.9 Å². The van der Waals surface area contributed by atoms with Crippen LogP contribution in [0.2, 0.25) is 0 Å². The Morgan fingerprint density at radius 2 is 2.18 bits per heavy atom. The first kappa shape index (κ1) is 14.4. The maximum Gasteiger partial charge on any atom is 0.325 e. The largest absolute Gasteiger partial charge is 0.493 e. The van der Waals surface area contributed by atoms with E-state index in [1.165, 1.54) is 0 Å². The van der Waals surface area contributed by atoms with Crippen LogP contribution in [0, 0.1) is 0 Å². The van der Waals surface area contributed by atoms with Crippen molar-refractivity contribution in [2.24, 2.45) is 0 Å². The SMILES string of the molecule is CCNC(=O)CN1C(=O)N[C@]2(CCOc3ccccc32)C1=O. The van der Waals surface area contributed by atoms with Gasteiger partial charge in [-0.15, -0.1) is 0 Å². The zero-order chi connectivity index (χ0) is 15.7. The first-order chi connectivity index (χ1) is 10.6. The highest BCUT2D eigenvalue weighted by Crippen LogP contribution is 2.40. The van der Waals surface area contributed by atoms with Crippen LogP contribution in [0.1, 0.15) is 18.9 Å². The summed E-state index contributed by atoms with van der Waals surface area (Å²) in [5, 5.41) is 5.34. The molecule has 0 saturated carbocycles. The van der Waals surface area contributed by atoms with Crippen LogP contribution >= 0.6 is 0 Å². The molecule has 116 valence electrons. The van der Waals surface area contributed by atoms with Gasteiger partial charge in [-0.2, -0.15) is 0 Å². The predicted octanol–water partition coefficient (Wildman–Crippen LogP) is 0.352. The van der Waals surface area contributed by atoms with Gasteiger partial charge in [0.1, 0.15) is 12.3 Å². The number of hydrogen-bond acceptors (Lipinski definition) is 4. The van der Waals surface area contributed by atoms with Crippen molar-refractivity contribution in [3.05, 3.63) is 29.8 Å². The Labute approximate surface area is 127 Å². The number of ether oxygens (including phenoxy) is 1. The summed E-state index contributed by atoms with van der Waals surface area (Å²) in [4.78, 5) is 37.6. The Morgan fingerprint density at radius 3 is 2.95 bits per heavy atom. The molecular weight excluding hydrogens is 286 g/mol. The quantitative estimate of drug-likeness (QED) is 0.789. The predicted molar refractivity (Wildman–Crippen MR) is 77.2 cm³/mol. The van der Waals surface area contributed by atoms with Crippen LogP contribution < -0.4 is 15.4 Å². The van der Waals surface area contributed by atoms with Gasteiger partial charge in [-0.1, -0.05) is 18.2 Å². The Bertz CT molecular complexity index is 645. The molecule has 4 amide bonds. The Morgan fingerprint density at radius 1 is 1.41 bits per heavy atom. The highest BCUT2D eigenvalue weighted by molar-refractivity contribution is 6.09. The van der Waals surface area contributed by atoms with Crippen molar-refractivity contribution >= 4 is 17.8 Å². The van der Waals surface area contributed by atoms with E-state index in [1.54, 1.807) is 25.1 Å². The first-order valence-corrected chi connectivity index (χ1v) is 7.21. The lowest BCUT2D eigenvalue weighted by Gasteiger charge is -2.33.